The Bertz CT molecular complexity index is 687. The summed E-state index contributed by atoms with van der Waals surface area (Å²) in [5.74, 6) is 0.627. The van der Waals surface area contributed by atoms with Crippen molar-refractivity contribution in [2.24, 2.45) is 0 Å². The lowest BCUT2D eigenvalue weighted by Gasteiger charge is -2.41. The molecule has 6 nitrogen and oxygen atoms in total. The molecule has 2 aliphatic carbocycles. The molecule has 0 bridgehead atoms. The quantitative estimate of drug-likeness (QED) is 0.805. The second-order valence-electron chi connectivity index (χ2n) is 7.91. The minimum Gasteiger partial charge on any atom is -0.482 e. The number of rotatable bonds is 6. The van der Waals surface area contributed by atoms with E-state index in [1.807, 2.05) is 24.3 Å². The summed E-state index contributed by atoms with van der Waals surface area (Å²) < 4.78 is 5.45. The lowest BCUT2D eigenvalue weighted by molar-refractivity contribution is -0.123. The van der Waals surface area contributed by atoms with Gasteiger partial charge in [0.15, 0.2) is 6.61 Å². The summed E-state index contributed by atoms with van der Waals surface area (Å²) in [6.45, 7) is 0.424. The van der Waals surface area contributed by atoms with Crippen LogP contribution < -0.4 is 20.3 Å². The van der Waals surface area contributed by atoms with Crippen LogP contribution in [0.15, 0.2) is 24.3 Å². The average Bonchev–Trinajstić information content (AvgIpc) is 2.69. The molecule has 146 valence electrons. The van der Waals surface area contributed by atoms with Gasteiger partial charge in [0.1, 0.15) is 5.75 Å². The Morgan fingerprint density at radius 2 is 1.85 bits per heavy atom. The number of carbonyl (C=O) groups is 2. The number of amides is 2. The van der Waals surface area contributed by atoms with Crippen molar-refractivity contribution in [2.75, 3.05) is 18.1 Å². The average molecular weight is 371 g/mol. The van der Waals surface area contributed by atoms with Gasteiger partial charge in [-0.25, -0.2) is 0 Å². The molecule has 2 N–H and O–H groups in total. The van der Waals surface area contributed by atoms with E-state index in [9.17, 15) is 9.59 Å². The normalized spacial score (nSPS) is 25.3. The fourth-order valence-electron chi connectivity index (χ4n) is 4.34. The highest BCUT2D eigenvalue weighted by Gasteiger charge is 2.34. The van der Waals surface area contributed by atoms with Gasteiger partial charge in [0.25, 0.3) is 5.91 Å². The summed E-state index contributed by atoms with van der Waals surface area (Å²) in [5.41, 5.74) is 0.752. The van der Waals surface area contributed by atoms with Gasteiger partial charge in [-0.05, 0) is 37.8 Å². The second kappa shape index (κ2) is 8.30. The van der Waals surface area contributed by atoms with Crippen LogP contribution in [0.3, 0.4) is 0 Å². The van der Waals surface area contributed by atoms with Gasteiger partial charge in [-0.2, -0.15) is 0 Å². The highest BCUT2D eigenvalue weighted by atomic mass is 16.5. The van der Waals surface area contributed by atoms with Gasteiger partial charge in [-0.3, -0.25) is 9.59 Å². The Hall–Kier alpha value is -2.08. The van der Waals surface area contributed by atoms with Crippen LogP contribution in [0, 0.1) is 0 Å². The first kappa shape index (κ1) is 18.3. The first-order valence-electron chi connectivity index (χ1n) is 10.3. The van der Waals surface area contributed by atoms with Gasteiger partial charge in [-0.1, -0.05) is 31.4 Å². The maximum atomic E-state index is 12.4. The summed E-state index contributed by atoms with van der Waals surface area (Å²) >= 11 is 0. The predicted octanol–water partition coefficient (Wildman–Crippen LogP) is 2.37. The summed E-state index contributed by atoms with van der Waals surface area (Å²) in [6.07, 6.45) is 8.99. The molecule has 0 spiro atoms. The molecule has 4 rings (SSSR count). The Morgan fingerprint density at radius 1 is 1.07 bits per heavy atom. The largest absolute Gasteiger partial charge is 0.482 e. The molecule has 1 aromatic carbocycles. The lowest BCUT2D eigenvalue weighted by atomic mass is 9.84. The first-order chi connectivity index (χ1) is 13.2. The number of hydrogen-bond donors (Lipinski definition) is 2. The summed E-state index contributed by atoms with van der Waals surface area (Å²) in [5, 5.41) is 6.90. The topological polar surface area (TPSA) is 70.7 Å². The third-order valence-corrected chi connectivity index (χ3v) is 6.05. The first-order valence-corrected chi connectivity index (χ1v) is 10.3. The number of fused-ring (bicyclic) bond motifs is 1. The summed E-state index contributed by atoms with van der Waals surface area (Å²) in [4.78, 5) is 26.3. The van der Waals surface area contributed by atoms with Gasteiger partial charge in [0, 0.05) is 31.1 Å². The van der Waals surface area contributed by atoms with E-state index < -0.39 is 0 Å². The van der Waals surface area contributed by atoms with Crippen LogP contribution in [0.2, 0.25) is 0 Å². The minimum atomic E-state index is -0.0954. The zero-order valence-corrected chi connectivity index (χ0v) is 15.8. The molecule has 0 saturated heterocycles. The second-order valence-corrected chi connectivity index (χ2v) is 7.91. The minimum absolute atomic E-state index is 0.0203. The summed E-state index contributed by atoms with van der Waals surface area (Å²) in [7, 11) is 0. The number of carbonyl (C=O) groups excluding carboxylic acids is 2. The van der Waals surface area contributed by atoms with E-state index in [1.165, 1.54) is 32.1 Å². The molecule has 2 atom stereocenters. The molecule has 0 radical (unpaired) electrons. The van der Waals surface area contributed by atoms with E-state index in [-0.39, 0.29) is 24.5 Å². The third-order valence-electron chi connectivity index (χ3n) is 6.05. The van der Waals surface area contributed by atoms with Crippen molar-refractivity contribution in [3.63, 3.8) is 0 Å². The van der Waals surface area contributed by atoms with E-state index in [2.05, 4.69) is 10.6 Å². The van der Waals surface area contributed by atoms with Crippen LogP contribution in [0.1, 0.15) is 51.4 Å². The fourth-order valence-corrected chi connectivity index (χ4v) is 4.34. The van der Waals surface area contributed by atoms with E-state index in [1.54, 1.807) is 4.90 Å². The molecule has 6 heteroatoms. The zero-order chi connectivity index (χ0) is 18.6. The van der Waals surface area contributed by atoms with Crippen LogP contribution in [-0.4, -0.2) is 43.1 Å². The molecule has 1 aromatic rings. The molecular weight excluding hydrogens is 342 g/mol. The van der Waals surface area contributed by atoms with Gasteiger partial charge >= 0.3 is 0 Å². The summed E-state index contributed by atoms with van der Waals surface area (Å²) in [6, 6.07) is 8.73. The number of para-hydroxylation sites is 2. The number of nitrogens with zero attached hydrogens (tertiary/aromatic N) is 1. The maximum absolute atomic E-state index is 12.4. The zero-order valence-electron chi connectivity index (χ0n) is 15.8. The number of anilines is 1. The lowest BCUT2D eigenvalue weighted by Crippen LogP contribution is -2.59. The highest BCUT2D eigenvalue weighted by Crippen LogP contribution is 2.31. The van der Waals surface area contributed by atoms with Crippen molar-refractivity contribution in [3.05, 3.63) is 24.3 Å². The Labute approximate surface area is 160 Å². The van der Waals surface area contributed by atoms with Gasteiger partial charge < -0.3 is 20.3 Å². The van der Waals surface area contributed by atoms with E-state index in [4.69, 9.17) is 4.74 Å². The number of benzene rings is 1. The molecule has 1 aliphatic heterocycles. The van der Waals surface area contributed by atoms with Crippen LogP contribution in [0.25, 0.3) is 0 Å². The number of nitrogens with one attached hydrogen (secondary N) is 2. The monoisotopic (exact) mass is 371 g/mol. The molecule has 3 aliphatic rings. The molecule has 1 heterocycles. The van der Waals surface area contributed by atoms with Crippen molar-refractivity contribution in [1.29, 1.82) is 0 Å². The predicted molar refractivity (Wildman–Crippen MR) is 104 cm³/mol. The van der Waals surface area contributed by atoms with Crippen molar-refractivity contribution in [1.82, 2.24) is 10.6 Å². The van der Waals surface area contributed by atoms with E-state index in [0.29, 0.717) is 30.8 Å². The molecule has 2 saturated carbocycles. The van der Waals surface area contributed by atoms with Crippen molar-refractivity contribution in [3.8, 4) is 5.75 Å². The molecule has 0 aromatic heterocycles. The van der Waals surface area contributed by atoms with Gasteiger partial charge in [0.2, 0.25) is 5.91 Å². The van der Waals surface area contributed by atoms with Crippen molar-refractivity contribution >= 4 is 17.5 Å². The van der Waals surface area contributed by atoms with Crippen LogP contribution in [0.4, 0.5) is 5.69 Å². The fraction of sp³-hybridized carbons (Fsp3) is 0.619. The van der Waals surface area contributed by atoms with Gasteiger partial charge in [0.05, 0.1) is 5.69 Å². The maximum Gasteiger partial charge on any atom is 0.265 e. The molecule has 27 heavy (non-hydrogen) atoms. The van der Waals surface area contributed by atoms with E-state index >= 15 is 0 Å². The standard InChI is InChI=1S/C21H29N3O3/c25-20(23-17-11-10-16(17)22-15-6-2-1-3-7-15)12-13-24-18-8-4-5-9-19(18)27-14-21(24)26/h4-5,8-9,15-17,22H,1-3,6-7,10-14H2,(H,23,25). The van der Waals surface area contributed by atoms with Crippen molar-refractivity contribution < 1.29 is 14.3 Å². The van der Waals surface area contributed by atoms with Crippen LogP contribution in [-0.2, 0) is 9.59 Å². The van der Waals surface area contributed by atoms with E-state index in [0.717, 1.165) is 18.5 Å². The Morgan fingerprint density at radius 3 is 2.63 bits per heavy atom. The Kier molecular flexibility index (Phi) is 5.62. The van der Waals surface area contributed by atoms with Crippen molar-refractivity contribution in [2.45, 2.75) is 69.5 Å². The highest BCUT2D eigenvalue weighted by molar-refractivity contribution is 5.98. The SMILES string of the molecule is O=C(CCN1C(=O)COc2ccccc21)NC1CCC1NC1CCCCC1. The molecule has 2 fully saturated rings. The number of hydrogen-bond acceptors (Lipinski definition) is 4. The number of ether oxygens (including phenoxy) is 1. The molecule has 2 amide bonds. The van der Waals surface area contributed by atoms with Crippen LogP contribution >= 0.6 is 0 Å². The molecular formula is C21H29N3O3. The third kappa shape index (κ3) is 4.26. The Balaban J connectivity index is 1.26. The molecule has 2 unspecified atom stereocenters. The smallest absolute Gasteiger partial charge is 0.265 e. The van der Waals surface area contributed by atoms with Gasteiger partial charge in [-0.15, -0.1) is 0 Å². The van der Waals surface area contributed by atoms with Crippen LogP contribution in [0.5, 0.6) is 5.75 Å².